The van der Waals surface area contributed by atoms with Crippen molar-refractivity contribution in [2.45, 2.75) is 12.4 Å². The molecule has 0 amide bonds. The lowest BCUT2D eigenvalue weighted by atomic mass is 10.1. The molecule has 3 nitrogen and oxygen atoms in total. The molecule has 0 radical (unpaired) electrons. The first-order chi connectivity index (χ1) is 6.69. The Morgan fingerprint density at radius 2 is 1.64 bits per heavy atom. The standard InChI is InChI=1S/C10H13FO3/c1-13-10(14-2)9(12)7-3-5-8(11)6-4-7/h3-6,9-10,12H,1-2H3. The third-order valence-electron chi connectivity index (χ3n) is 1.93. The average Bonchev–Trinajstić information content (AvgIpc) is 2.20. The van der Waals surface area contributed by atoms with Crippen molar-refractivity contribution in [2.24, 2.45) is 0 Å². The minimum atomic E-state index is -0.911. The van der Waals surface area contributed by atoms with Crippen LogP contribution in [0.4, 0.5) is 4.39 Å². The second-order valence-electron chi connectivity index (χ2n) is 2.84. The van der Waals surface area contributed by atoms with Gasteiger partial charge in [-0.25, -0.2) is 4.39 Å². The fourth-order valence-corrected chi connectivity index (χ4v) is 1.17. The SMILES string of the molecule is COC(OC)C(O)c1ccc(F)cc1. The summed E-state index contributed by atoms with van der Waals surface area (Å²) in [6.07, 6.45) is -1.65. The Labute approximate surface area is 82.1 Å². The summed E-state index contributed by atoms with van der Waals surface area (Å²) in [5, 5.41) is 9.70. The molecule has 1 atom stereocenters. The van der Waals surface area contributed by atoms with Gasteiger partial charge >= 0.3 is 0 Å². The van der Waals surface area contributed by atoms with Crippen molar-refractivity contribution in [3.05, 3.63) is 35.6 Å². The minimum absolute atomic E-state index is 0.340. The van der Waals surface area contributed by atoms with Gasteiger partial charge < -0.3 is 14.6 Å². The molecule has 0 bridgehead atoms. The van der Waals surface area contributed by atoms with E-state index in [1.54, 1.807) is 0 Å². The topological polar surface area (TPSA) is 38.7 Å². The molecule has 4 heteroatoms. The Kier molecular flexibility index (Phi) is 4.00. The molecule has 0 heterocycles. The average molecular weight is 200 g/mol. The van der Waals surface area contributed by atoms with Gasteiger partial charge in [-0.05, 0) is 17.7 Å². The Morgan fingerprint density at radius 1 is 1.14 bits per heavy atom. The molecule has 0 spiro atoms. The highest BCUT2D eigenvalue weighted by Crippen LogP contribution is 2.19. The first-order valence-corrected chi connectivity index (χ1v) is 4.18. The molecule has 1 N–H and O–H groups in total. The zero-order chi connectivity index (χ0) is 10.6. The number of rotatable bonds is 4. The number of aliphatic hydroxyl groups is 1. The van der Waals surface area contributed by atoms with Crippen LogP contribution < -0.4 is 0 Å². The van der Waals surface area contributed by atoms with Crippen molar-refractivity contribution in [3.63, 3.8) is 0 Å². The fraction of sp³-hybridized carbons (Fsp3) is 0.400. The molecule has 1 aromatic carbocycles. The quantitative estimate of drug-likeness (QED) is 0.748. The number of ether oxygens (including phenoxy) is 2. The Balaban J connectivity index is 2.77. The largest absolute Gasteiger partial charge is 0.383 e. The molecule has 1 aromatic rings. The molecule has 0 aliphatic heterocycles. The van der Waals surface area contributed by atoms with Gasteiger partial charge in [-0.1, -0.05) is 12.1 Å². The van der Waals surface area contributed by atoms with Crippen LogP contribution in [0.25, 0.3) is 0 Å². The van der Waals surface area contributed by atoms with Crippen LogP contribution in [0.15, 0.2) is 24.3 Å². The van der Waals surface area contributed by atoms with E-state index < -0.39 is 12.4 Å². The van der Waals surface area contributed by atoms with Crippen LogP contribution >= 0.6 is 0 Å². The van der Waals surface area contributed by atoms with Crippen molar-refractivity contribution < 1.29 is 19.0 Å². The zero-order valence-electron chi connectivity index (χ0n) is 8.11. The van der Waals surface area contributed by atoms with Crippen molar-refractivity contribution >= 4 is 0 Å². The highest BCUT2D eigenvalue weighted by molar-refractivity contribution is 5.18. The maximum atomic E-state index is 12.6. The molecule has 0 fully saturated rings. The molecular weight excluding hydrogens is 187 g/mol. The molecule has 1 rings (SSSR count). The summed E-state index contributed by atoms with van der Waals surface area (Å²) in [4.78, 5) is 0. The molecule has 0 aromatic heterocycles. The van der Waals surface area contributed by atoms with E-state index in [9.17, 15) is 9.50 Å². The molecule has 0 saturated heterocycles. The normalized spacial score (nSPS) is 13.2. The van der Waals surface area contributed by atoms with E-state index in [4.69, 9.17) is 9.47 Å². The molecule has 14 heavy (non-hydrogen) atoms. The molecule has 0 aliphatic carbocycles. The summed E-state index contributed by atoms with van der Waals surface area (Å²) in [5.41, 5.74) is 0.556. The Hall–Kier alpha value is -0.970. The first-order valence-electron chi connectivity index (χ1n) is 4.18. The maximum absolute atomic E-state index is 12.6. The third-order valence-corrected chi connectivity index (χ3v) is 1.93. The highest BCUT2D eigenvalue weighted by Gasteiger charge is 2.19. The lowest BCUT2D eigenvalue weighted by Crippen LogP contribution is -2.22. The Bertz CT molecular complexity index is 269. The first kappa shape index (κ1) is 11.1. The number of benzene rings is 1. The lowest BCUT2D eigenvalue weighted by Gasteiger charge is -2.19. The van der Waals surface area contributed by atoms with Crippen molar-refractivity contribution in [1.82, 2.24) is 0 Å². The molecule has 0 saturated carbocycles. The van der Waals surface area contributed by atoms with E-state index >= 15 is 0 Å². The van der Waals surface area contributed by atoms with Gasteiger partial charge in [-0.3, -0.25) is 0 Å². The molecule has 0 aliphatic rings. The Morgan fingerprint density at radius 3 is 2.07 bits per heavy atom. The van der Waals surface area contributed by atoms with E-state index in [0.29, 0.717) is 5.56 Å². The summed E-state index contributed by atoms with van der Waals surface area (Å²) in [5.74, 6) is -0.340. The van der Waals surface area contributed by atoms with Crippen LogP contribution in [0.1, 0.15) is 11.7 Å². The predicted octanol–water partition coefficient (Wildman–Crippen LogP) is 1.48. The second kappa shape index (κ2) is 5.05. The van der Waals surface area contributed by atoms with Crippen molar-refractivity contribution in [2.75, 3.05) is 14.2 Å². The second-order valence-corrected chi connectivity index (χ2v) is 2.84. The smallest absolute Gasteiger partial charge is 0.187 e. The van der Waals surface area contributed by atoms with E-state index in [1.807, 2.05) is 0 Å². The van der Waals surface area contributed by atoms with Crippen LogP contribution in [0, 0.1) is 5.82 Å². The number of aliphatic hydroxyl groups excluding tert-OH is 1. The summed E-state index contributed by atoms with van der Waals surface area (Å²) < 4.78 is 22.3. The highest BCUT2D eigenvalue weighted by atomic mass is 19.1. The van der Waals surface area contributed by atoms with Gasteiger partial charge in [-0.15, -0.1) is 0 Å². The number of hydrogen-bond acceptors (Lipinski definition) is 3. The minimum Gasteiger partial charge on any atom is -0.383 e. The van der Waals surface area contributed by atoms with E-state index in [2.05, 4.69) is 0 Å². The number of hydrogen-bond donors (Lipinski definition) is 1. The van der Waals surface area contributed by atoms with Gasteiger partial charge in [-0.2, -0.15) is 0 Å². The van der Waals surface area contributed by atoms with E-state index in [1.165, 1.54) is 38.5 Å². The summed E-state index contributed by atoms with van der Waals surface area (Å²) >= 11 is 0. The van der Waals surface area contributed by atoms with Crippen molar-refractivity contribution in [1.29, 1.82) is 0 Å². The summed E-state index contributed by atoms with van der Waals surface area (Å²) in [7, 11) is 2.86. The summed E-state index contributed by atoms with van der Waals surface area (Å²) in [6.45, 7) is 0. The number of methoxy groups -OCH3 is 2. The van der Waals surface area contributed by atoms with Crippen LogP contribution in [0.2, 0.25) is 0 Å². The van der Waals surface area contributed by atoms with Gasteiger partial charge in [0.25, 0.3) is 0 Å². The zero-order valence-corrected chi connectivity index (χ0v) is 8.11. The van der Waals surface area contributed by atoms with Crippen LogP contribution in [0.5, 0.6) is 0 Å². The fourth-order valence-electron chi connectivity index (χ4n) is 1.17. The van der Waals surface area contributed by atoms with Gasteiger partial charge in [0, 0.05) is 14.2 Å². The molecule has 78 valence electrons. The maximum Gasteiger partial charge on any atom is 0.187 e. The van der Waals surface area contributed by atoms with Gasteiger partial charge in [0.15, 0.2) is 6.29 Å². The molecular formula is C10H13FO3. The summed E-state index contributed by atoms with van der Waals surface area (Å²) in [6, 6.07) is 5.54. The lowest BCUT2D eigenvalue weighted by molar-refractivity contribution is -0.166. The van der Waals surface area contributed by atoms with Crippen LogP contribution in [-0.2, 0) is 9.47 Å². The third kappa shape index (κ3) is 2.51. The van der Waals surface area contributed by atoms with E-state index in [-0.39, 0.29) is 5.82 Å². The van der Waals surface area contributed by atoms with Gasteiger partial charge in [0.2, 0.25) is 0 Å². The van der Waals surface area contributed by atoms with E-state index in [0.717, 1.165) is 0 Å². The van der Waals surface area contributed by atoms with Crippen LogP contribution in [0.3, 0.4) is 0 Å². The molecule has 1 unspecified atom stereocenters. The predicted molar refractivity (Wildman–Crippen MR) is 49.2 cm³/mol. The monoisotopic (exact) mass is 200 g/mol. The van der Waals surface area contributed by atoms with Crippen molar-refractivity contribution in [3.8, 4) is 0 Å². The number of halogens is 1. The van der Waals surface area contributed by atoms with Gasteiger partial charge in [0.1, 0.15) is 11.9 Å². The van der Waals surface area contributed by atoms with Gasteiger partial charge in [0.05, 0.1) is 0 Å². The van der Waals surface area contributed by atoms with Crippen LogP contribution in [-0.4, -0.2) is 25.6 Å².